The molecule has 4 rings (SSSR count). The number of likely N-dealkylation sites (tertiary alicyclic amines) is 1. The highest BCUT2D eigenvalue weighted by molar-refractivity contribution is 6.01. The van der Waals surface area contributed by atoms with Crippen LogP contribution in [0.1, 0.15) is 79.8 Å². The van der Waals surface area contributed by atoms with Gasteiger partial charge in [0.2, 0.25) is 11.8 Å². The summed E-state index contributed by atoms with van der Waals surface area (Å²) in [4.78, 5) is 54.1. The number of fused-ring (bicyclic) bond motifs is 1. The molecule has 0 spiro atoms. The number of carbonyl (C=O) groups excluding carboxylic acids is 4. The van der Waals surface area contributed by atoms with Crippen molar-refractivity contribution in [3.8, 4) is 0 Å². The highest BCUT2D eigenvalue weighted by Gasteiger charge is 2.48. The smallest absolute Gasteiger partial charge is 0.273 e. The van der Waals surface area contributed by atoms with Crippen LogP contribution in [0, 0.1) is 0 Å². The number of hydrogen-bond donors (Lipinski definition) is 2. The van der Waals surface area contributed by atoms with Gasteiger partial charge in [0, 0.05) is 44.7 Å². The zero-order valence-corrected chi connectivity index (χ0v) is 19.6. The van der Waals surface area contributed by atoms with E-state index in [1.807, 2.05) is 11.8 Å². The molecule has 0 bridgehead atoms. The van der Waals surface area contributed by atoms with Crippen molar-refractivity contribution in [1.29, 1.82) is 0 Å². The van der Waals surface area contributed by atoms with Gasteiger partial charge in [-0.25, -0.2) is 0 Å². The largest absolute Gasteiger partial charge is 0.351 e. The van der Waals surface area contributed by atoms with E-state index in [2.05, 4.69) is 15.7 Å². The number of amides is 4. The molecule has 10 nitrogen and oxygen atoms in total. The molecule has 180 valence electrons. The summed E-state index contributed by atoms with van der Waals surface area (Å²) in [6, 6.07) is 1.65. The zero-order valence-electron chi connectivity index (χ0n) is 19.6. The summed E-state index contributed by atoms with van der Waals surface area (Å²) in [6.07, 6.45) is 6.30. The molecule has 0 aromatic carbocycles. The second-order valence-corrected chi connectivity index (χ2v) is 9.44. The van der Waals surface area contributed by atoms with Gasteiger partial charge in [-0.15, -0.1) is 0 Å². The van der Waals surface area contributed by atoms with Crippen LogP contribution in [0.3, 0.4) is 0 Å². The van der Waals surface area contributed by atoms with Crippen LogP contribution in [-0.2, 0) is 16.1 Å². The van der Waals surface area contributed by atoms with Gasteiger partial charge in [0.25, 0.3) is 11.8 Å². The normalized spacial score (nSPS) is 23.2. The molecule has 10 heteroatoms. The van der Waals surface area contributed by atoms with Crippen LogP contribution >= 0.6 is 0 Å². The Kier molecular flexibility index (Phi) is 6.71. The Balaban J connectivity index is 1.40. The third kappa shape index (κ3) is 4.60. The topological polar surface area (TPSA) is 117 Å². The lowest BCUT2D eigenvalue weighted by atomic mass is 9.94. The SMILES string of the molecule is CCN1C(=O)c2cc(C(=O)NCCCN3CCCC3=O)nn2C[C@@]1(C)C(=O)NC1CCCC1. The minimum Gasteiger partial charge on any atom is -0.351 e. The average molecular weight is 459 g/mol. The van der Waals surface area contributed by atoms with Gasteiger partial charge in [0.05, 0.1) is 6.54 Å². The first kappa shape index (κ1) is 23.3. The minimum atomic E-state index is -1.07. The Bertz CT molecular complexity index is 937. The predicted molar refractivity (Wildman–Crippen MR) is 121 cm³/mol. The van der Waals surface area contributed by atoms with Crippen LogP contribution in [0.4, 0.5) is 0 Å². The van der Waals surface area contributed by atoms with Crippen molar-refractivity contribution < 1.29 is 19.2 Å². The Morgan fingerprint density at radius 1 is 1.21 bits per heavy atom. The molecule has 3 aliphatic rings. The lowest BCUT2D eigenvalue weighted by molar-refractivity contribution is -0.133. The Morgan fingerprint density at radius 3 is 2.64 bits per heavy atom. The molecule has 1 atom stereocenters. The van der Waals surface area contributed by atoms with Crippen molar-refractivity contribution in [2.75, 3.05) is 26.2 Å². The Morgan fingerprint density at radius 2 is 1.97 bits per heavy atom. The van der Waals surface area contributed by atoms with Crippen molar-refractivity contribution in [1.82, 2.24) is 30.2 Å². The van der Waals surface area contributed by atoms with E-state index in [1.54, 1.807) is 11.8 Å². The molecular formula is C23H34N6O4. The van der Waals surface area contributed by atoms with Crippen molar-refractivity contribution in [3.63, 3.8) is 0 Å². The maximum Gasteiger partial charge on any atom is 0.273 e. The first-order chi connectivity index (χ1) is 15.8. The van der Waals surface area contributed by atoms with Crippen LogP contribution in [0.2, 0.25) is 0 Å². The quantitative estimate of drug-likeness (QED) is 0.562. The Hall–Kier alpha value is -2.91. The zero-order chi connectivity index (χ0) is 23.6. The lowest BCUT2D eigenvalue weighted by Gasteiger charge is -2.43. The van der Waals surface area contributed by atoms with Gasteiger partial charge < -0.3 is 20.4 Å². The summed E-state index contributed by atoms with van der Waals surface area (Å²) >= 11 is 0. The van der Waals surface area contributed by atoms with Crippen molar-refractivity contribution >= 4 is 23.6 Å². The highest BCUT2D eigenvalue weighted by Crippen LogP contribution is 2.28. The standard InChI is InChI=1S/C23H34N6O4/c1-3-28-21(32)18-14-17(20(31)24-11-7-13-27-12-6-10-19(27)30)26-29(18)15-23(28,2)22(33)25-16-8-4-5-9-16/h14,16H,3-13,15H2,1-2H3,(H,24,31)(H,25,33)/t23-/m0/s1. The third-order valence-corrected chi connectivity index (χ3v) is 7.09. The van der Waals surface area contributed by atoms with Crippen molar-refractivity contribution in [2.24, 2.45) is 0 Å². The first-order valence-corrected chi connectivity index (χ1v) is 12.1. The summed E-state index contributed by atoms with van der Waals surface area (Å²) < 4.78 is 1.49. The molecule has 3 heterocycles. The highest BCUT2D eigenvalue weighted by atomic mass is 16.2. The second-order valence-electron chi connectivity index (χ2n) is 9.44. The van der Waals surface area contributed by atoms with E-state index in [1.165, 1.54) is 10.7 Å². The van der Waals surface area contributed by atoms with Gasteiger partial charge in [-0.05, 0) is 39.5 Å². The van der Waals surface area contributed by atoms with E-state index in [4.69, 9.17) is 0 Å². The molecule has 1 saturated heterocycles. The van der Waals surface area contributed by atoms with E-state index >= 15 is 0 Å². The third-order valence-electron chi connectivity index (χ3n) is 7.09. The van der Waals surface area contributed by atoms with Crippen LogP contribution in [-0.4, -0.2) is 81.0 Å². The summed E-state index contributed by atoms with van der Waals surface area (Å²) in [7, 11) is 0. The molecule has 2 N–H and O–H groups in total. The number of rotatable bonds is 8. The summed E-state index contributed by atoms with van der Waals surface area (Å²) in [5.74, 6) is -0.667. The van der Waals surface area contributed by atoms with Gasteiger partial charge in [-0.3, -0.25) is 23.9 Å². The van der Waals surface area contributed by atoms with Crippen LogP contribution in [0.25, 0.3) is 0 Å². The van der Waals surface area contributed by atoms with Gasteiger partial charge in [0.1, 0.15) is 11.2 Å². The van der Waals surface area contributed by atoms with Gasteiger partial charge in [-0.1, -0.05) is 12.8 Å². The van der Waals surface area contributed by atoms with Crippen LogP contribution in [0.5, 0.6) is 0 Å². The molecule has 1 aromatic heterocycles. The molecule has 2 aliphatic heterocycles. The lowest BCUT2D eigenvalue weighted by Crippen LogP contribution is -2.64. The van der Waals surface area contributed by atoms with Crippen molar-refractivity contribution in [2.45, 2.75) is 76.9 Å². The van der Waals surface area contributed by atoms with Crippen LogP contribution in [0.15, 0.2) is 6.07 Å². The van der Waals surface area contributed by atoms with Crippen LogP contribution < -0.4 is 10.6 Å². The molecule has 0 unspecified atom stereocenters. The second kappa shape index (κ2) is 9.52. The monoisotopic (exact) mass is 458 g/mol. The first-order valence-electron chi connectivity index (χ1n) is 12.1. The Labute approximate surface area is 194 Å². The fraction of sp³-hybridized carbons (Fsp3) is 0.696. The molecule has 4 amide bonds. The molecule has 2 fully saturated rings. The fourth-order valence-electron chi connectivity index (χ4n) is 5.16. The molecule has 33 heavy (non-hydrogen) atoms. The number of nitrogens with one attached hydrogen (secondary N) is 2. The summed E-state index contributed by atoms with van der Waals surface area (Å²) in [5, 5.41) is 10.3. The van der Waals surface area contributed by atoms with Crippen molar-refractivity contribution in [3.05, 3.63) is 17.5 Å². The van der Waals surface area contributed by atoms with E-state index < -0.39 is 5.54 Å². The number of hydrogen-bond acceptors (Lipinski definition) is 5. The summed E-state index contributed by atoms with van der Waals surface area (Å²) in [6.45, 7) is 6.02. The molecular weight excluding hydrogens is 424 g/mol. The fourth-order valence-corrected chi connectivity index (χ4v) is 5.16. The molecule has 1 saturated carbocycles. The number of likely N-dealkylation sites (N-methyl/N-ethyl adjacent to an activating group) is 1. The maximum absolute atomic E-state index is 13.2. The van der Waals surface area contributed by atoms with E-state index in [9.17, 15) is 19.2 Å². The minimum absolute atomic E-state index is 0.152. The molecule has 0 radical (unpaired) electrons. The summed E-state index contributed by atoms with van der Waals surface area (Å²) in [5.41, 5.74) is -0.591. The average Bonchev–Trinajstić information content (AvgIpc) is 3.53. The van der Waals surface area contributed by atoms with Gasteiger partial charge in [0.15, 0.2) is 5.69 Å². The predicted octanol–water partition coefficient (Wildman–Crippen LogP) is 0.919. The van der Waals surface area contributed by atoms with Gasteiger partial charge in [-0.2, -0.15) is 5.10 Å². The number of carbonyl (C=O) groups is 4. The maximum atomic E-state index is 13.2. The van der Waals surface area contributed by atoms with E-state index in [0.717, 1.165) is 38.6 Å². The molecule has 1 aromatic rings. The molecule has 1 aliphatic carbocycles. The number of aromatic nitrogens is 2. The van der Waals surface area contributed by atoms with E-state index in [0.29, 0.717) is 38.2 Å². The number of nitrogens with zero attached hydrogens (tertiary/aromatic N) is 4. The van der Waals surface area contributed by atoms with E-state index in [-0.39, 0.29) is 41.9 Å². The van der Waals surface area contributed by atoms with Gasteiger partial charge >= 0.3 is 0 Å².